The van der Waals surface area contributed by atoms with Crippen LogP contribution in [0.3, 0.4) is 0 Å². The van der Waals surface area contributed by atoms with E-state index in [4.69, 9.17) is 14.2 Å². The Balaban J connectivity index is 1.40. The van der Waals surface area contributed by atoms with Crippen LogP contribution in [0.5, 0.6) is 0 Å². The second-order valence-corrected chi connectivity index (χ2v) is 8.91. The number of benzene rings is 2. The molecule has 4 atom stereocenters. The molecule has 10 nitrogen and oxygen atoms in total. The van der Waals surface area contributed by atoms with Gasteiger partial charge in [-0.2, -0.15) is 10.2 Å². The van der Waals surface area contributed by atoms with Gasteiger partial charge < -0.3 is 14.2 Å². The number of fused-ring (bicyclic) bond motifs is 5. The lowest BCUT2D eigenvalue weighted by Crippen LogP contribution is -2.52. The lowest BCUT2D eigenvalue weighted by molar-refractivity contribution is -0.226. The van der Waals surface area contributed by atoms with Crippen molar-refractivity contribution in [2.45, 2.75) is 38.8 Å². The summed E-state index contributed by atoms with van der Waals surface area (Å²) in [6, 6.07) is 14.1. The van der Waals surface area contributed by atoms with Gasteiger partial charge in [0.25, 0.3) is 6.29 Å². The Labute approximate surface area is 206 Å². The molecule has 2 fully saturated rings. The third-order valence-electron chi connectivity index (χ3n) is 6.41. The first-order valence-corrected chi connectivity index (χ1v) is 11.4. The van der Waals surface area contributed by atoms with E-state index in [1.165, 1.54) is 0 Å². The highest BCUT2D eigenvalue weighted by Crippen LogP contribution is 2.54. The maximum atomic E-state index is 13.6. The minimum Gasteiger partial charge on any atom is -0.422 e. The molecule has 2 saturated heterocycles. The summed E-state index contributed by atoms with van der Waals surface area (Å²) in [6.07, 6.45) is 0.945. The summed E-state index contributed by atoms with van der Waals surface area (Å²) >= 11 is 0. The normalized spacial score (nSPS) is 26.2. The van der Waals surface area contributed by atoms with E-state index in [2.05, 4.69) is 10.2 Å². The van der Waals surface area contributed by atoms with Gasteiger partial charge in [0.15, 0.2) is 5.60 Å². The van der Waals surface area contributed by atoms with E-state index in [1.807, 2.05) is 31.2 Å². The van der Waals surface area contributed by atoms with E-state index in [0.29, 0.717) is 17.1 Å². The zero-order valence-electron chi connectivity index (χ0n) is 19.8. The maximum Gasteiger partial charge on any atom is 0.305 e. The summed E-state index contributed by atoms with van der Waals surface area (Å²) in [4.78, 5) is 51.4. The molecule has 2 amide bonds. The molecule has 2 aromatic carbocycles. The first kappa shape index (κ1) is 23.6. The molecule has 3 aliphatic heterocycles. The number of azo groups is 1. The van der Waals surface area contributed by atoms with Gasteiger partial charge in [-0.15, -0.1) is 0 Å². The van der Waals surface area contributed by atoms with Gasteiger partial charge in [0, 0.05) is 13.8 Å². The molecular weight excluding hydrogens is 466 g/mol. The zero-order chi connectivity index (χ0) is 25.6. The van der Waals surface area contributed by atoms with Crippen molar-refractivity contribution >= 4 is 40.8 Å². The van der Waals surface area contributed by atoms with E-state index in [9.17, 15) is 19.2 Å². The molecule has 0 aliphatic carbocycles. The second kappa shape index (κ2) is 8.80. The Hall–Kier alpha value is -4.18. The van der Waals surface area contributed by atoms with E-state index in [-0.39, 0.29) is 0 Å². The fourth-order valence-electron chi connectivity index (χ4n) is 4.87. The summed E-state index contributed by atoms with van der Waals surface area (Å²) < 4.78 is 16.4. The van der Waals surface area contributed by atoms with Gasteiger partial charge in [-0.1, -0.05) is 23.8 Å². The van der Waals surface area contributed by atoms with E-state index in [1.54, 1.807) is 36.4 Å². The topological polar surface area (TPSA) is 124 Å². The van der Waals surface area contributed by atoms with Crippen molar-refractivity contribution in [1.29, 1.82) is 0 Å². The molecule has 0 N–H and O–H groups in total. The number of anilines is 1. The Morgan fingerprint density at radius 3 is 2.03 bits per heavy atom. The first-order valence-electron chi connectivity index (χ1n) is 11.4. The highest BCUT2D eigenvalue weighted by molar-refractivity contribution is 6.23. The van der Waals surface area contributed by atoms with Gasteiger partial charge in [0.05, 0.1) is 35.0 Å². The van der Waals surface area contributed by atoms with Crippen molar-refractivity contribution in [3.8, 4) is 0 Å². The molecule has 10 heteroatoms. The maximum absolute atomic E-state index is 13.6. The fraction of sp³-hybridized carbons (Fsp3) is 0.308. The molecule has 3 heterocycles. The number of imide groups is 1. The number of hydrogen-bond donors (Lipinski definition) is 0. The van der Waals surface area contributed by atoms with Crippen LogP contribution in [0.4, 0.5) is 17.1 Å². The summed E-state index contributed by atoms with van der Waals surface area (Å²) in [5, 5.41) is 8.40. The van der Waals surface area contributed by atoms with Crippen molar-refractivity contribution < 1.29 is 33.4 Å². The van der Waals surface area contributed by atoms with Crippen molar-refractivity contribution in [3.05, 3.63) is 66.2 Å². The van der Waals surface area contributed by atoms with Crippen LogP contribution in [0.2, 0.25) is 0 Å². The Morgan fingerprint density at radius 1 is 0.917 bits per heavy atom. The van der Waals surface area contributed by atoms with Crippen molar-refractivity contribution in [2.75, 3.05) is 4.90 Å². The average Bonchev–Trinajstić information content (AvgIpc) is 3.49. The minimum atomic E-state index is -1.59. The summed E-state index contributed by atoms with van der Waals surface area (Å²) in [5.74, 6) is -4.27. The standard InChI is InChI=1S/C26H23N3O7/c1-14-4-6-17(7-5-14)27-28-18-8-10-19(11-9-18)29-23(32)21-20-12-13-26(36-20,22(21)24(29)33)25(34-15(2)30)35-16(3)31/h4-13,20-22,25H,1-3H3/t20-,21+,22-,26+/m1/s1. The fourth-order valence-corrected chi connectivity index (χ4v) is 4.87. The monoisotopic (exact) mass is 489 g/mol. The van der Waals surface area contributed by atoms with Gasteiger partial charge in [0.2, 0.25) is 11.8 Å². The first-order chi connectivity index (χ1) is 17.2. The molecule has 184 valence electrons. The summed E-state index contributed by atoms with van der Waals surface area (Å²) in [5.41, 5.74) is 1.14. The molecule has 0 spiro atoms. The number of carbonyl (C=O) groups excluding carboxylic acids is 4. The number of ether oxygens (including phenoxy) is 3. The van der Waals surface area contributed by atoms with Gasteiger partial charge >= 0.3 is 11.9 Å². The SMILES string of the molecule is CC(=O)OC(OC(C)=O)[C@@]12C=C[C@@H](O1)[C@@H]1C(=O)N(c3ccc(N=Nc4ccc(C)cc4)cc3)C(=O)[C@@H]12. The summed E-state index contributed by atoms with van der Waals surface area (Å²) in [7, 11) is 0. The number of carbonyl (C=O) groups is 4. The molecule has 36 heavy (non-hydrogen) atoms. The second-order valence-electron chi connectivity index (χ2n) is 8.91. The lowest BCUT2D eigenvalue weighted by Gasteiger charge is -2.34. The predicted octanol–water partition coefficient (Wildman–Crippen LogP) is 3.68. The predicted molar refractivity (Wildman–Crippen MR) is 125 cm³/mol. The molecule has 3 aliphatic rings. The average molecular weight is 489 g/mol. The molecular formula is C26H23N3O7. The van der Waals surface area contributed by atoms with Crippen LogP contribution in [-0.2, 0) is 33.4 Å². The number of hydrogen-bond acceptors (Lipinski definition) is 9. The van der Waals surface area contributed by atoms with Crippen LogP contribution >= 0.6 is 0 Å². The number of nitrogens with zero attached hydrogens (tertiary/aromatic N) is 3. The molecule has 2 bridgehead atoms. The highest BCUT2D eigenvalue weighted by Gasteiger charge is 2.72. The number of aryl methyl sites for hydroxylation is 1. The number of rotatable bonds is 6. The Morgan fingerprint density at radius 2 is 1.47 bits per heavy atom. The molecule has 2 aromatic rings. The van der Waals surface area contributed by atoms with Crippen molar-refractivity contribution in [3.63, 3.8) is 0 Å². The van der Waals surface area contributed by atoms with Crippen LogP contribution in [0.25, 0.3) is 0 Å². The number of amides is 2. The summed E-state index contributed by atoms with van der Waals surface area (Å²) in [6.45, 7) is 4.29. The van der Waals surface area contributed by atoms with Crippen LogP contribution in [-0.4, -0.2) is 41.7 Å². The molecule has 0 unspecified atom stereocenters. The van der Waals surface area contributed by atoms with Gasteiger partial charge in [-0.25, -0.2) is 4.90 Å². The van der Waals surface area contributed by atoms with Gasteiger partial charge in [-0.3, -0.25) is 19.2 Å². The molecule has 0 aromatic heterocycles. The van der Waals surface area contributed by atoms with Crippen LogP contribution in [0.1, 0.15) is 19.4 Å². The van der Waals surface area contributed by atoms with Crippen molar-refractivity contribution in [1.82, 2.24) is 0 Å². The number of esters is 2. The van der Waals surface area contributed by atoms with Crippen molar-refractivity contribution in [2.24, 2.45) is 22.1 Å². The minimum absolute atomic E-state index is 0.361. The van der Waals surface area contributed by atoms with E-state index >= 15 is 0 Å². The largest absolute Gasteiger partial charge is 0.422 e. The molecule has 0 radical (unpaired) electrons. The quantitative estimate of drug-likeness (QED) is 0.199. The van der Waals surface area contributed by atoms with Crippen LogP contribution < -0.4 is 4.90 Å². The highest BCUT2D eigenvalue weighted by atomic mass is 16.7. The van der Waals surface area contributed by atoms with E-state index < -0.39 is 53.6 Å². The van der Waals surface area contributed by atoms with Crippen LogP contribution in [0.15, 0.2) is 70.9 Å². The Bertz CT molecular complexity index is 1290. The zero-order valence-corrected chi connectivity index (χ0v) is 19.8. The van der Waals surface area contributed by atoms with E-state index in [0.717, 1.165) is 24.3 Å². The van der Waals surface area contributed by atoms with Gasteiger partial charge in [0.1, 0.15) is 0 Å². The third kappa shape index (κ3) is 3.89. The molecule has 5 rings (SSSR count). The smallest absolute Gasteiger partial charge is 0.305 e. The third-order valence-corrected chi connectivity index (χ3v) is 6.41. The molecule has 0 saturated carbocycles. The lowest BCUT2D eigenvalue weighted by atomic mass is 9.76. The Kier molecular flexibility index (Phi) is 5.76. The van der Waals surface area contributed by atoms with Crippen LogP contribution in [0, 0.1) is 18.8 Å². The van der Waals surface area contributed by atoms with Gasteiger partial charge in [-0.05, 0) is 49.4 Å².